The van der Waals surface area contributed by atoms with E-state index in [4.69, 9.17) is 4.74 Å². The van der Waals surface area contributed by atoms with Crippen LogP contribution >= 0.6 is 0 Å². The summed E-state index contributed by atoms with van der Waals surface area (Å²) in [6.45, 7) is 2.38. The van der Waals surface area contributed by atoms with Crippen molar-refractivity contribution in [3.63, 3.8) is 0 Å². The second-order valence-corrected chi connectivity index (χ2v) is 6.04. The van der Waals surface area contributed by atoms with Gasteiger partial charge in [-0.3, -0.25) is 5.10 Å². The number of benzene rings is 2. The molecule has 3 aromatic rings. The fourth-order valence-corrected chi connectivity index (χ4v) is 2.51. The van der Waals surface area contributed by atoms with E-state index in [1.54, 1.807) is 43.3 Å². The summed E-state index contributed by atoms with van der Waals surface area (Å²) in [6.07, 6.45) is 0.448. The van der Waals surface area contributed by atoms with Crippen LogP contribution in [0.15, 0.2) is 48.5 Å². The highest BCUT2D eigenvalue weighted by Crippen LogP contribution is 2.15. The van der Waals surface area contributed by atoms with Crippen LogP contribution < -0.4 is 10.6 Å². The Bertz CT molecular complexity index is 971. The normalized spacial score (nSPS) is 10.4. The number of carbonyl (C=O) groups is 2. The van der Waals surface area contributed by atoms with Gasteiger partial charge in [0.1, 0.15) is 11.6 Å². The van der Waals surface area contributed by atoms with Gasteiger partial charge in [0.25, 0.3) is 0 Å². The molecule has 0 spiro atoms. The van der Waals surface area contributed by atoms with Crippen molar-refractivity contribution in [2.75, 3.05) is 18.5 Å². The van der Waals surface area contributed by atoms with Crippen molar-refractivity contribution in [2.24, 2.45) is 0 Å². The van der Waals surface area contributed by atoms with Gasteiger partial charge in [-0.25, -0.2) is 19.0 Å². The van der Waals surface area contributed by atoms with Crippen LogP contribution in [0.5, 0.6) is 0 Å². The molecule has 1 heterocycles. The number of nitrogens with one attached hydrogen (secondary N) is 3. The molecule has 2 aromatic carbocycles. The Morgan fingerprint density at radius 1 is 1.10 bits per heavy atom. The minimum Gasteiger partial charge on any atom is -0.462 e. The fourth-order valence-electron chi connectivity index (χ4n) is 2.51. The number of halogens is 1. The number of ether oxygens (including phenoxy) is 1. The first-order valence-electron chi connectivity index (χ1n) is 9.04. The van der Waals surface area contributed by atoms with Crippen LogP contribution in [-0.2, 0) is 11.2 Å². The van der Waals surface area contributed by atoms with Gasteiger partial charge in [0, 0.05) is 24.2 Å². The molecule has 0 radical (unpaired) electrons. The van der Waals surface area contributed by atoms with Crippen LogP contribution in [0.25, 0.3) is 11.4 Å². The summed E-state index contributed by atoms with van der Waals surface area (Å²) < 4.78 is 17.9. The minimum atomic E-state index is -0.407. The van der Waals surface area contributed by atoms with Crippen molar-refractivity contribution < 1.29 is 18.7 Å². The monoisotopic (exact) mass is 397 g/mol. The lowest BCUT2D eigenvalue weighted by Crippen LogP contribution is -2.30. The number of carbonyl (C=O) groups excluding carboxylic acids is 2. The summed E-state index contributed by atoms with van der Waals surface area (Å²) >= 11 is 0. The third-order valence-corrected chi connectivity index (χ3v) is 3.94. The Balaban J connectivity index is 1.45. The Hall–Kier alpha value is -3.75. The average molecular weight is 397 g/mol. The lowest BCUT2D eigenvalue weighted by Gasteiger charge is -2.07. The summed E-state index contributed by atoms with van der Waals surface area (Å²) in [4.78, 5) is 27.9. The molecule has 9 heteroatoms. The van der Waals surface area contributed by atoms with E-state index >= 15 is 0 Å². The summed E-state index contributed by atoms with van der Waals surface area (Å²) in [7, 11) is 0. The highest BCUT2D eigenvalue weighted by molar-refractivity contribution is 5.92. The van der Waals surface area contributed by atoms with E-state index in [9.17, 15) is 14.0 Å². The zero-order chi connectivity index (χ0) is 20.6. The minimum absolute atomic E-state index is 0.303. The number of esters is 1. The van der Waals surface area contributed by atoms with Gasteiger partial charge >= 0.3 is 12.0 Å². The summed E-state index contributed by atoms with van der Waals surface area (Å²) in [5.74, 6) is 0.334. The van der Waals surface area contributed by atoms with Gasteiger partial charge < -0.3 is 15.4 Å². The number of anilines is 1. The smallest absolute Gasteiger partial charge is 0.338 e. The van der Waals surface area contributed by atoms with Gasteiger partial charge in [-0.2, -0.15) is 5.10 Å². The Kier molecular flexibility index (Phi) is 6.51. The molecular formula is C20H20FN5O3. The number of aromatic nitrogens is 3. The maximum absolute atomic E-state index is 13.0. The van der Waals surface area contributed by atoms with Crippen LogP contribution in [0.1, 0.15) is 23.1 Å². The molecule has 0 saturated carbocycles. The van der Waals surface area contributed by atoms with E-state index < -0.39 is 5.97 Å². The molecular weight excluding hydrogens is 377 g/mol. The molecule has 0 unspecified atom stereocenters. The van der Waals surface area contributed by atoms with Crippen molar-refractivity contribution in [2.45, 2.75) is 13.3 Å². The third kappa shape index (κ3) is 5.61. The maximum Gasteiger partial charge on any atom is 0.338 e. The largest absolute Gasteiger partial charge is 0.462 e. The first-order valence-corrected chi connectivity index (χ1v) is 9.04. The average Bonchev–Trinajstić information content (AvgIpc) is 3.18. The predicted molar refractivity (Wildman–Crippen MR) is 105 cm³/mol. The Morgan fingerprint density at radius 2 is 1.83 bits per heavy atom. The molecule has 8 nitrogen and oxygen atoms in total. The number of urea groups is 1. The molecule has 0 bridgehead atoms. The quantitative estimate of drug-likeness (QED) is 0.531. The van der Waals surface area contributed by atoms with E-state index in [-0.39, 0.29) is 11.8 Å². The first-order chi connectivity index (χ1) is 14.0. The predicted octanol–water partition coefficient (Wildman–Crippen LogP) is 3.15. The van der Waals surface area contributed by atoms with E-state index in [2.05, 4.69) is 25.8 Å². The second-order valence-electron chi connectivity index (χ2n) is 6.04. The van der Waals surface area contributed by atoms with Gasteiger partial charge in [-0.05, 0) is 55.5 Å². The number of H-pyrrole nitrogens is 1. The van der Waals surface area contributed by atoms with Crippen molar-refractivity contribution in [1.29, 1.82) is 0 Å². The number of rotatable bonds is 7. The second kappa shape index (κ2) is 9.45. The third-order valence-electron chi connectivity index (χ3n) is 3.94. The van der Waals surface area contributed by atoms with Crippen molar-refractivity contribution in [1.82, 2.24) is 20.5 Å². The highest BCUT2D eigenvalue weighted by atomic mass is 19.1. The van der Waals surface area contributed by atoms with Gasteiger partial charge in [-0.1, -0.05) is 0 Å². The van der Waals surface area contributed by atoms with Crippen LogP contribution in [0, 0.1) is 5.82 Å². The number of hydrogen-bond acceptors (Lipinski definition) is 5. The lowest BCUT2D eigenvalue weighted by molar-refractivity contribution is 0.0526. The molecule has 0 aliphatic heterocycles. The van der Waals surface area contributed by atoms with Crippen LogP contribution in [0.3, 0.4) is 0 Å². The SMILES string of the molecule is CCOC(=O)c1ccc(NC(=O)NCCc2nc(-c3ccc(F)cc3)n[nH]2)cc1. The van der Waals surface area contributed by atoms with Crippen molar-refractivity contribution >= 4 is 17.7 Å². The molecule has 3 rings (SSSR count). The number of nitrogens with zero attached hydrogens (tertiary/aromatic N) is 2. The zero-order valence-corrected chi connectivity index (χ0v) is 15.7. The van der Waals surface area contributed by atoms with Gasteiger partial charge in [0.15, 0.2) is 5.82 Å². The number of hydrogen-bond donors (Lipinski definition) is 3. The Labute approximate surface area is 166 Å². The lowest BCUT2D eigenvalue weighted by atomic mass is 10.2. The van der Waals surface area contributed by atoms with E-state index in [0.29, 0.717) is 48.0 Å². The molecule has 0 aliphatic rings. The molecule has 0 fully saturated rings. The number of aromatic amines is 1. The zero-order valence-electron chi connectivity index (χ0n) is 15.7. The van der Waals surface area contributed by atoms with Gasteiger partial charge in [0.05, 0.1) is 12.2 Å². The van der Waals surface area contributed by atoms with Crippen LogP contribution in [0.4, 0.5) is 14.9 Å². The van der Waals surface area contributed by atoms with Crippen molar-refractivity contribution in [3.8, 4) is 11.4 Å². The molecule has 0 aliphatic carbocycles. The van der Waals surface area contributed by atoms with E-state index in [1.807, 2.05) is 0 Å². The standard InChI is InChI=1S/C20H20FN5O3/c1-2-29-19(27)14-5-9-16(10-6-14)23-20(28)22-12-11-17-24-18(26-25-17)13-3-7-15(21)8-4-13/h3-10H,2,11-12H2,1H3,(H2,22,23,28)(H,24,25,26). The summed E-state index contributed by atoms with van der Waals surface area (Å²) in [5, 5.41) is 12.3. The van der Waals surface area contributed by atoms with Gasteiger partial charge in [-0.15, -0.1) is 0 Å². The van der Waals surface area contributed by atoms with E-state index in [0.717, 1.165) is 0 Å². The summed E-state index contributed by atoms with van der Waals surface area (Å²) in [6, 6.07) is 11.9. The molecule has 1 aromatic heterocycles. The fraction of sp³-hybridized carbons (Fsp3) is 0.200. The van der Waals surface area contributed by atoms with Crippen LogP contribution in [0.2, 0.25) is 0 Å². The maximum atomic E-state index is 13.0. The molecule has 29 heavy (non-hydrogen) atoms. The molecule has 2 amide bonds. The van der Waals surface area contributed by atoms with Crippen LogP contribution in [-0.4, -0.2) is 40.3 Å². The topological polar surface area (TPSA) is 109 Å². The molecule has 3 N–H and O–H groups in total. The van der Waals surface area contributed by atoms with Crippen molar-refractivity contribution in [3.05, 3.63) is 65.7 Å². The highest BCUT2D eigenvalue weighted by Gasteiger charge is 2.09. The molecule has 0 atom stereocenters. The molecule has 150 valence electrons. The number of amides is 2. The van der Waals surface area contributed by atoms with Gasteiger partial charge in [0.2, 0.25) is 0 Å². The Morgan fingerprint density at radius 3 is 2.52 bits per heavy atom. The molecule has 0 saturated heterocycles. The van der Waals surface area contributed by atoms with E-state index in [1.165, 1.54) is 12.1 Å². The summed E-state index contributed by atoms with van der Waals surface area (Å²) in [5.41, 5.74) is 1.67. The first kappa shape index (κ1) is 20.0.